The lowest BCUT2D eigenvalue weighted by atomic mass is 10.1. The average Bonchev–Trinajstić information content (AvgIpc) is 2.52. The SMILES string of the molecule is COC(=O)c1nc(-c2ccc([N+](=O)[O-])cc2F)c(F)c(N)c1Cl. The molecule has 10 heteroatoms. The minimum absolute atomic E-state index is 0.415. The zero-order chi connectivity index (χ0) is 17.3. The van der Waals surface area contributed by atoms with Gasteiger partial charge in [0.1, 0.15) is 11.5 Å². The van der Waals surface area contributed by atoms with Crippen molar-refractivity contribution in [2.45, 2.75) is 0 Å². The minimum atomic E-state index is -1.16. The number of hydrogen-bond acceptors (Lipinski definition) is 6. The summed E-state index contributed by atoms with van der Waals surface area (Å²) >= 11 is 5.73. The molecule has 2 aromatic rings. The van der Waals surface area contributed by atoms with Crippen LogP contribution in [0.3, 0.4) is 0 Å². The van der Waals surface area contributed by atoms with Crippen molar-refractivity contribution in [3.63, 3.8) is 0 Å². The van der Waals surface area contributed by atoms with E-state index in [2.05, 4.69) is 9.72 Å². The van der Waals surface area contributed by atoms with E-state index < -0.39 is 55.9 Å². The van der Waals surface area contributed by atoms with Crippen molar-refractivity contribution >= 4 is 28.9 Å². The van der Waals surface area contributed by atoms with E-state index in [1.54, 1.807) is 0 Å². The van der Waals surface area contributed by atoms with Crippen molar-refractivity contribution in [1.82, 2.24) is 4.98 Å². The number of benzene rings is 1. The van der Waals surface area contributed by atoms with Crippen LogP contribution in [0, 0.1) is 21.7 Å². The summed E-state index contributed by atoms with van der Waals surface area (Å²) in [5.74, 6) is -3.26. The molecule has 0 saturated heterocycles. The highest BCUT2D eigenvalue weighted by Crippen LogP contribution is 2.34. The van der Waals surface area contributed by atoms with Gasteiger partial charge in [-0.25, -0.2) is 18.6 Å². The van der Waals surface area contributed by atoms with Gasteiger partial charge in [-0.2, -0.15) is 0 Å². The van der Waals surface area contributed by atoms with Gasteiger partial charge in [0, 0.05) is 11.6 Å². The maximum absolute atomic E-state index is 14.2. The quantitative estimate of drug-likeness (QED) is 0.521. The molecule has 2 rings (SSSR count). The van der Waals surface area contributed by atoms with Crippen molar-refractivity contribution in [2.24, 2.45) is 0 Å². The molecule has 120 valence electrons. The number of pyridine rings is 1. The third-order valence-corrected chi connectivity index (χ3v) is 3.29. The number of ether oxygens (including phenoxy) is 1. The zero-order valence-electron chi connectivity index (χ0n) is 11.5. The standard InChI is InChI=1S/C13H8ClF2N3O4/c1-23-13(20)12-8(14)10(17)9(16)11(18-12)6-3-2-5(19(21)22)4-7(6)15/h2-4H,1H3,(H2,17,18). The first kappa shape index (κ1) is 16.6. The Morgan fingerprint density at radius 1 is 1.43 bits per heavy atom. The number of esters is 1. The first-order chi connectivity index (χ1) is 10.8. The number of nitrogens with two attached hydrogens (primary N) is 1. The Kier molecular flexibility index (Phi) is 4.41. The third-order valence-electron chi connectivity index (χ3n) is 2.91. The summed E-state index contributed by atoms with van der Waals surface area (Å²) in [5.41, 5.74) is 2.79. The second kappa shape index (κ2) is 6.13. The Bertz CT molecular complexity index is 829. The average molecular weight is 344 g/mol. The zero-order valence-corrected chi connectivity index (χ0v) is 12.2. The number of aromatic nitrogens is 1. The number of non-ortho nitro benzene ring substituents is 1. The maximum atomic E-state index is 14.2. The lowest BCUT2D eigenvalue weighted by Crippen LogP contribution is -2.10. The van der Waals surface area contributed by atoms with E-state index in [-0.39, 0.29) is 0 Å². The minimum Gasteiger partial charge on any atom is -0.464 e. The van der Waals surface area contributed by atoms with Gasteiger partial charge in [-0.05, 0) is 6.07 Å². The molecule has 0 bridgehead atoms. The maximum Gasteiger partial charge on any atom is 0.358 e. The largest absolute Gasteiger partial charge is 0.464 e. The van der Waals surface area contributed by atoms with Crippen LogP contribution in [-0.4, -0.2) is 23.0 Å². The summed E-state index contributed by atoms with van der Waals surface area (Å²) in [6.07, 6.45) is 0. The van der Waals surface area contributed by atoms with Crippen LogP contribution >= 0.6 is 11.6 Å². The number of hydrogen-bond donors (Lipinski definition) is 1. The van der Waals surface area contributed by atoms with Gasteiger partial charge in [0.15, 0.2) is 11.5 Å². The predicted octanol–water partition coefficient (Wildman–Crippen LogP) is 2.96. The normalized spacial score (nSPS) is 10.4. The van der Waals surface area contributed by atoms with Crippen LogP contribution in [0.4, 0.5) is 20.2 Å². The van der Waals surface area contributed by atoms with Crippen LogP contribution in [0.5, 0.6) is 0 Å². The van der Waals surface area contributed by atoms with E-state index in [9.17, 15) is 23.7 Å². The number of nitrogen functional groups attached to an aromatic ring is 1. The summed E-state index contributed by atoms with van der Waals surface area (Å²) in [7, 11) is 1.05. The van der Waals surface area contributed by atoms with Crippen LogP contribution in [0.1, 0.15) is 10.5 Å². The molecule has 0 amide bonds. The molecule has 0 atom stereocenters. The van der Waals surface area contributed by atoms with Gasteiger partial charge in [-0.3, -0.25) is 10.1 Å². The highest BCUT2D eigenvalue weighted by Gasteiger charge is 2.25. The van der Waals surface area contributed by atoms with Crippen molar-refractivity contribution < 1.29 is 23.2 Å². The number of nitro groups is 1. The Balaban J connectivity index is 2.71. The predicted molar refractivity (Wildman–Crippen MR) is 77.0 cm³/mol. The van der Waals surface area contributed by atoms with Gasteiger partial charge in [-0.1, -0.05) is 11.6 Å². The number of nitrogens with zero attached hydrogens (tertiary/aromatic N) is 2. The molecule has 0 spiro atoms. The van der Waals surface area contributed by atoms with Crippen LogP contribution in [0.2, 0.25) is 5.02 Å². The second-order valence-electron chi connectivity index (χ2n) is 4.26. The van der Waals surface area contributed by atoms with E-state index in [0.29, 0.717) is 6.07 Å². The van der Waals surface area contributed by atoms with Crippen molar-refractivity contribution in [1.29, 1.82) is 0 Å². The molecule has 0 unspecified atom stereocenters. The van der Waals surface area contributed by atoms with Crippen LogP contribution in [0.15, 0.2) is 18.2 Å². The van der Waals surface area contributed by atoms with Crippen LogP contribution in [0.25, 0.3) is 11.3 Å². The molecule has 0 fully saturated rings. The van der Waals surface area contributed by atoms with E-state index in [1.807, 2.05) is 0 Å². The topological polar surface area (TPSA) is 108 Å². The number of anilines is 1. The number of carbonyl (C=O) groups excluding carboxylic acids is 1. The van der Waals surface area contributed by atoms with Gasteiger partial charge < -0.3 is 10.5 Å². The fourth-order valence-electron chi connectivity index (χ4n) is 1.78. The molecular formula is C13H8ClF2N3O4. The number of nitro benzene ring substituents is 1. The lowest BCUT2D eigenvalue weighted by Gasteiger charge is -2.11. The molecule has 23 heavy (non-hydrogen) atoms. The molecule has 1 aromatic heterocycles. The Hall–Kier alpha value is -2.81. The summed E-state index contributed by atoms with van der Waals surface area (Å²) in [5, 5.41) is 10.1. The van der Waals surface area contributed by atoms with E-state index in [1.165, 1.54) is 0 Å². The molecule has 7 nitrogen and oxygen atoms in total. The van der Waals surface area contributed by atoms with Gasteiger partial charge in [0.05, 0.1) is 28.8 Å². The van der Waals surface area contributed by atoms with Crippen molar-refractivity contribution in [3.8, 4) is 11.3 Å². The first-order valence-corrected chi connectivity index (χ1v) is 6.32. The smallest absolute Gasteiger partial charge is 0.358 e. The number of methoxy groups -OCH3 is 1. The van der Waals surface area contributed by atoms with Crippen molar-refractivity contribution in [2.75, 3.05) is 12.8 Å². The highest BCUT2D eigenvalue weighted by molar-refractivity contribution is 6.35. The second-order valence-corrected chi connectivity index (χ2v) is 4.64. The fourth-order valence-corrected chi connectivity index (χ4v) is 1.98. The molecule has 0 aliphatic heterocycles. The summed E-state index contributed by atoms with van der Waals surface area (Å²) in [6.45, 7) is 0. The van der Waals surface area contributed by atoms with Gasteiger partial charge in [0.25, 0.3) is 5.69 Å². The molecule has 0 aliphatic carbocycles. The van der Waals surface area contributed by atoms with Gasteiger partial charge in [-0.15, -0.1) is 0 Å². The summed E-state index contributed by atoms with van der Waals surface area (Å²) in [4.78, 5) is 25.0. The monoisotopic (exact) mass is 343 g/mol. The molecule has 0 radical (unpaired) electrons. The molecule has 0 aliphatic rings. The van der Waals surface area contributed by atoms with E-state index >= 15 is 0 Å². The summed E-state index contributed by atoms with van der Waals surface area (Å²) in [6, 6.07) is 2.51. The number of halogens is 3. The lowest BCUT2D eigenvalue weighted by molar-refractivity contribution is -0.385. The number of rotatable bonds is 3. The highest BCUT2D eigenvalue weighted by atomic mass is 35.5. The Labute approximate surface area is 132 Å². The first-order valence-electron chi connectivity index (χ1n) is 5.95. The van der Waals surface area contributed by atoms with E-state index in [4.69, 9.17) is 17.3 Å². The Morgan fingerprint density at radius 3 is 2.61 bits per heavy atom. The van der Waals surface area contributed by atoms with E-state index in [0.717, 1.165) is 19.2 Å². The molecule has 2 N–H and O–H groups in total. The number of carbonyl (C=O) groups is 1. The van der Waals surface area contributed by atoms with Gasteiger partial charge in [0.2, 0.25) is 0 Å². The molecular weight excluding hydrogens is 336 g/mol. The van der Waals surface area contributed by atoms with Gasteiger partial charge >= 0.3 is 5.97 Å². The Morgan fingerprint density at radius 2 is 2.09 bits per heavy atom. The molecule has 1 aromatic carbocycles. The van der Waals surface area contributed by atoms with Crippen LogP contribution in [-0.2, 0) is 4.74 Å². The third kappa shape index (κ3) is 2.90. The van der Waals surface area contributed by atoms with Crippen molar-refractivity contribution in [3.05, 3.63) is 50.7 Å². The molecule has 1 heterocycles. The summed E-state index contributed by atoms with van der Waals surface area (Å²) < 4.78 is 32.7. The fraction of sp³-hybridized carbons (Fsp3) is 0.0769. The van der Waals surface area contributed by atoms with Crippen LogP contribution < -0.4 is 5.73 Å². The molecule has 0 saturated carbocycles.